The molecule has 1 heterocycles. The van der Waals surface area contributed by atoms with Gasteiger partial charge in [-0.25, -0.2) is 0 Å². The first-order valence-corrected chi connectivity index (χ1v) is 7.04. The zero-order valence-electron chi connectivity index (χ0n) is 9.53. The first kappa shape index (κ1) is 12.1. The average molecular weight is 218 g/mol. The van der Waals surface area contributed by atoms with Crippen molar-refractivity contribution in [3.05, 3.63) is 0 Å². The minimum atomic E-state index is -0.274. The Morgan fingerprint density at radius 1 is 1.14 bits per heavy atom. The summed E-state index contributed by atoms with van der Waals surface area (Å²) in [5.41, 5.74) is 0. The van der Waals surface area contributed by atoms with Crippen molar-refractivity contribution in [2.24, 2.45) is 0 Å². The van der Waals surface area contributed by atoms with Gasteiger partial charge in [0.2, 0.25) is 0 Å². The van der Waals surface area contributed by atoms with Crippen molar-refractivity contribution in [1.29, 1.82) is 0 Å². The summed E-state index contributed by atoms with van der Waals surface area (Å²) in [5.74, 6) is 0.0923. The van der Waals surface area contributed by atoms with Crippen LogP contribution in [-0.4, -0.2) is 78.8 Å². The third kappa shape index (κ3) is 4.06. The zero-order valence-corrected chi connectivity index (χ0v) is 10.9. The fourth-order valence-electron chi connectivity index (χ4n) is 1.69. The highest BCUT2D eigenvalue weighted by molar-refractivity contribution is 6.36. The van der Waals surface area contributed by atoms with Gasteiger partial charge in [0, 0.05) is 40.4 Å². The van der Waals surface area contributed by atoms with Gasteiger partial charge in [0.25, 0.3) is 0 Å². The molecule has 1 aliphatic heterocycles. The van der Waals surface area contributed by atoms with E-state index in [1.807, 2.05) is 0 Å². The van der Waals surface area contributed by atoms with E-state index < -0.39 is 0 Å². The minimum Gasteiger partial charge on any atom is -0.360 e. The summed E-state index contributed by atoms with van der Waals surface area (Å²) in [6.07, 6.45) is 1.21. The zero-order chi connectivity index (χ0) is 10.4. The Kier molecular flexibility index (Phi) is 5.65. The molecule has 0 saturated carbocycles. The summed E-state index contributed by atoms with van der Waals surface area (Å²) in [7, 11) is 5.36. The van der Waals surface area contributed by atoms with Crippen molar-refractivity contribution in [3.63, 3.8) is 0 Å². The van der Waals surface area contributed by atoms with E-state index in [2.05, 4.69) is 16.8 Å². The Bertz CT molecular complexity index is 148. The van der Waals surface area contributed by atoms with Crippen LogP contribution in [0, 0.1) is 0 Å². The van der Waals surface area contributed by atoms with E-state index in [0.29, 0.717) is 0 Å². The van der Waals surface area contributed by atoms with E-state index >= 15 is 0 Å². The molecule has 1 saturated heterocycles. The Hall–Kier alpha value is 0.0569. The SMILES string of the molecule is COC(OC)[SiH2]CN1CCN(C)CC1. The number of nitrogens with zero attached hydrogens (tertiary/aromatic N) is 2. The monoisotopic (exact) mass is 218 g/mol. The van der Waals surface area contributed by atoms with Gasteiger partial charge in [-0.2, -0.15) is 0 Å². The van der Waals surface area contributed by atoms with Gasteiger partial charge in [-0.05, 0) is 13.2 Å². The molecule has 0 aromatic heterocycles. The quantitative estimate of drug-likeness (QED) is 0.434. The van der Waals surface area contributed by atoms with Crippen LogP contribution in [-0.2, 0) is 9.47 Å². The lowest BCUT2D eigenvalue weighted by atomic mass is 10.4. The number of rotatable bonds is 5. The Balaban J connectivity index is 2.12. The van der Waals surface area contributed by atoms with Crippen LogP contribution in [0.2, 0.25) is 0 Å². The molecule has 84 valence electrons. The van der Waals surface area contributed by atoms with Crippen molar-refractivity contribution in [2.75, 3.05) is 53.6 Å². The van der Waals surface area contributed by atoms with Gasteiger partial charge in [-0.1, -0.05) is 0 Å². The first-order valence-electron chi connectivity index (χ1n) is 5.22. The van der Waals surface area contributed by atoms with Crippen LogP contribution >= 0.6 is 0 Å². The van der Waals surface area contributed by atoms with Gasteiger partial charge < -0.3 is 19.3 Å². The van der Waals surface area contributed by atoms with Crippen LogP contribution < -0.4 is 0 Å². The van der Waals surface area contributed by atoms with E-state index in [0.717, 1.165) is 0 Å². The second kappa shape index (κ2) is 6.52. The van der Waals surface area contributed by atoms with E-state index in [4.69, 9.17) is 9.47 Å². The minimum absolute atomic E-state index is 0.0923. The van der Waals surface area contributed by atoms with Crippen LogP contribution in [0.3, 0.4) is 0 Å². The molecule has 0 aliphatic carbocycles. The van der Waals surface area contributed by atoms with Crippen LogP contribution in [0.4, 0.5) is 0 Å². The van der Waals surface area contributed by atoms with Crippen LogP contribution in [0.15, 0.2) is 0 Å². The fraction of sp³-hybridized carbons (Fsp3) is 1.00. The molecule has 1 aliphatic rings. The van der Waals surface area contributed by atoms with E-state index in [1.54, 1.807) is 14.2 Å². The van der Waals surface area contributed by atoms with Gasteiger partial charge in [-0.3, -0.25) is 0 Å². The number of likely N-dealkylation sites (N-methyl/N-ethyl adjacent to an activating group) is 1. The molecule has 0 amide bonds. The van der Waals surface area contributed by atoms with Crippen LogP contribution in [0.5, 0.6) is 0 Å². The second-order valence-electron chi connectivity index (χ2n) is 3.83. The second-order valence-corrected chi connectivity index (χ2v) is 5.53. The maximum absolute atomic E-state index is 5.21. The molecule has 0 unspecified atom stereocenters. The molecule has 0 spiro atoms. The predicted octanol–water partition coefficient (Wildman–Crippen LogP) is -1.06. The van der Waals surface area contributed by atoms with E-state index in [9.17, 15) is 0 Å². The molecule has 0 atom stereocenters. The lowest BCUT2D eigenvalue weighted by molar-refractivity contribution is -0.0451. The van der Waals surface area contributed by atoms with Gasteiger partial charge in [-0.15, -0.1) is 0 Å². The maximum atomic E-state index is 5.21. The number of hydrogen-bond acceptors (Lipinski definition) is 4. The van der Waals surface area contributed by atoms with Gasteiger partial charge in [0.1, 0.15) is 15.4 Å². The summed E-state index contributed by atoms with van der Waals surface area (Å²) in [5, 5.41) is 0. The summed E-state index contributed by atoms with van der Waals surface area (Å²) < 4.78 is 10.4. The molecule has 0 N–H and O–H groups in total. The highest BCUT2D eigenvalue weighted by atomic mass is 28.2. The average Bonchev–Trinajstić information content (AvgIpc) is 2.22. The van der Waals surface area contributed by atoms with Crippen molar-refractivity contribution in [2.45, 2.75) is 5.91 Å². The van der Waals surface area contributed by atoms with Gasteiger partial charge in [0.15, 0.2) is 0 Å². The Morgan fingerprint density at radius 2 is 1.71 bits per heavy atom. The van der Waals surface area contributed by atoms with Crippen LogP contribution in [0.25, 0.3) is 0 Å². The molecular weight excluding hydrogens is 196 g/mol. The highest BCUT2D eigenvalue weighted by Crippen LogP contribution is 1.99. The number of ether oxygens (including phenoxy) is 2. The maximum Gasteiger partial charge on any atom is 0.135 e. The molecule has 0 radical (unpaired) electrons. The third-order valence-corrected chi connectivity index (χ3v) is 4.83. The molecule has 1 rings (SSSR count). The van der Waals surface area contributed by atoms with Crippen molar-refractivity contribution in [3.8, 4) is 0 Å². The summed E-state index contributed by atoms with van der Waals surface area (Å²) in [6, 6.07) is 0. The largest absolute Gasteiger partial charge is 0.360 e. The molecule has 0 aromatic rings. The third-order valence-electron chi connectivity index (χ3n) is 2.80. The van der Waals surface area contributed by atoms with E-state index in [-0.39, 0.29) is 15.4 Å². The predicted molar refractivity (Wildman–Crippen MR) is 60.3 cm³/mol. The lowest BCUT2D eigenvalue weighted by Gasteiger charge is -2.32. The normalized spacial score (nSPS) is 21.4. The molecule has 4 nitrogen and oxygen atoms in total. The topological polar surface area (TPSA) is 24.9 Å². The standard InChI is InChI=1S/C9H22N2O2Si/c1-10-4-6-11(7-5-10)8-14-9(12-2)13-3/h9H,4-8,14H2,1-3H3. The highest BCUT2D eigenvalue weighted by Gasteiger charge is 2.15. The molecule has 0 bridgehead atoms. The molecule has 1 fully saturated rings. The van der Waals surface area contributed by atoms with Gasteiger partial charge >= 0.3 is 0 Å². The van der Waals surface area contributed by atoms with Crippen LogP contribution in [0.1, 0.15) is 0 Å². The lowest BCUT2D eigenvalue weighted by Crippen LogP contribution is -2.47. The van der Waals surface area contributed by atoms with Crippen molar-refractivity contribution < 1.29 is 9.47 Å². The fourth-order valence-corrected chi connectivity index (χ4v) is 3.19. The number of piperazine rings is 1. The number of hydrogen-bond donors (Lipinski definition) is 0. The molecule has 5 heteroatoms. The molecule has 14 heavy (non-hydrogen) atoms. The van der Waals surface area contributed by atoms with Gasteiger partial charge in [0.05, 0.1) is 0 Å². The molecule has 0 aromatic carbocycles. The van der Waals surface area contributed by atoms with Crippen molar-refractivity contribution >= 4 is 9.52 Å². The Morgan fingerprint density at radius 3 is 2.21 bits per heavy atom. The number of methoxy groups -OCH3 is 2. The molecular formula is C9H22N2O2Si. The summed E-state index contributed by atoms with van der Waals surface area (Å²) in [4.78, 5) is 4.90. The smallest absolute Gasteiger partial charge is 0.135 e. The summed E-state index contributed by atoms with van der Waals surface area (Å²) >= 11 is 0. The van der Waals surface area contributed by atoms with E-state index in [1.165, 1.54) is 32.3 Å². The van der Waals surface area contributed by atoms with Crippen molar-refractivity contribution in [1.82, 2.24) is 9.80 Å². The first-order chi connectivity index (χ1) is 6.76. The Labute approximate surface area is 89.0 Å². The summed E-state index contributed by atoms with van der Waals surface area (Å²) in [6.45, 7) is 4.78.